The van der Waals surface area contributed by atoms with Crippen LogP contribution in [0.1, 0.15) is 36.1 Å². The van der Waals surface area contributed by atoms with Crippen molar-refractivity contribution < 1.29 is 0 Å². The quantitative estimate of drug-likeness (QED) is 0.828. The highest BCUT2D eigenvalue weighted by atomic mass is 32.1. The summed E-state index contributed by atoms with van der Waals surface area (Å²) in [5.74, 6) is 0.736. The number of hydrogen-bond acceptors (Lipinski definition) is 3. The Morgan fingerprint density at radius 1 is 1.44 bits per heavy atom. The fourth-order valence-corrected chi connectivity index (χ4v) is 2.95. The standard InChI is InChI=1S/C13H24N2S/c1-5-10(2)9-15(4)12(8-14)13-7-6-11(3)16-13/h6-7,10,12H,5,8-9,14H2,1-4H3. The minimum atomic E-state index is 0.382. The monoisotopic (exact) mass is 240 g/mol. The second-order valence-electron chi connectivity index (χ2n) is 4.65. The molecule has 2 atom stereocenters. The lowest BCUT2D eigenvalue weighted by Gasteiger charge is -2.28. The summed E-state index contributed by atoms with van der Waals surface area (Å²) < 4.78 is 0. The van der Waals surface area contributed by atoms with E-state index < -0.39 is 0 Å². The number of hydrogen-bond donors (Lipinski definition) is 1. The van der Waals surface area contributed by atoms with E-state index in [-0.39, 0.29) is 0 Å². The zero-order valence-electron chi connectivity index (χ0n) is 10.9. The molecule has 2 N–H and O–H groups in total. The van der Waals surface area contributed by atoms with E-state index >= 15 is 0 Å². The molecule has 0 aliphatic carbocycles. The maximum absolute atomic E-state index is 5.90. The van der Waals surface area contributed by atoms with Gasteiger partial charge in [-0.3, -0.25) is 4.90 Å². The van der Waals surface area contributed by atoms with Crippen molar-refractivity contribution in [2.24, 2.45) is 11.7 Å². The molecule has 0 aliphatic rings. The lowest BCUT2D eigenvalue weighted by molar-refractivity contribution is 0.218. The summed E-state index contributed by atoms with van der Waals surface area (Å²) >= 11 is 1.86. The van der Waals surface area contributed by atoms with Gasteiger partial charge < -0.3 is 5.73 Å². The first-order chi connectivity index (χ1) is 7.58. The smallest absolute Gasteiger partial charge is 0.0562 e. The van der Waals surface area contributed by atoms with E-state index in [1.54, 1.807) is 0 Å². The second kappa shape index (κ2) is 6.38. The SMILES string of the molecule is CCC(C)CN(C)C(CN)c1ccc(C)s1. The predicted molar refractivity (Wildman–Crippen MR) is 72.9 cm³/mol. The summed E-state index contributed by atoms with van der Waals surface area (Å²) in [5.41, 5.74) is 5.90. The zero-order valence-corrected chi connectivity index (χ0v) is 11.7. The Morgan fingerprint density at radius 2 is 2.12 bits per heavy atom. The molecule has 1 rings (SSSR count). The van der Waals surface area contributed by atoms with Gasteiger partial charge in [-0.15, -0.1) is 11.3 Å². The van der Waals surface area contributed by atoms with Crippen LogP contribution in [0.2, 0.25) is 0 Å². The van der Waals surface area contributed by atoms with Crippen molar-refractivity contribution in [2.75, 3.05) is 20.1 Å². The molecule has 92 valence electrons. The van der Waals surface area contributed by atoms with Gasteiger partial charge >= 0.3 is 0 Å². The molecule has 3 heteroatoms. The number of likely N-dealkylation sites (N-methyl/N-ethyl adjacent to an activating group) is 1. The molecule has 2 unspecified atom stereocenters. The Bertz CT molecular complexity index is 309. The molecule has 0 radical (unpaired) electrons. The van der Waals surface area contributed by atoms with Gasteiger partial charge in [-0.2, -0.15) is 0 Å². The van der Waals surface area contributed by atoms with Crippen molar-refractivity contribution in [1.82, 2.24) is 4.90 Å². The van der Waals surface area contributed by atoms with Crippen LogP contribution in [0.25, 0.3) is 0 Å². The molecule has 2 nitrogen and oxygen atoms in total. The van der Waals surface area contributed by atoms with E-state index in [0.717, 1.165) is 12.5 Å². The third kappa shape index (κ3) is 3.58. The Hall–Kier alpha value is -0.380. The van der Waals surface area contributed by atoms with Crippen LogP contribution in [-0.4, -0.2) is 25.0 Å². The highest BCUT2D eigenvalue weighted by Gasteiger charge is 2.18. The zero-order chi connectivity index (χ0) is 12.1. The van der Waals surface area contributed by atoms with Crippen LogP contribution in [-0.2, 0) is 0 Å². The molecule has 0 fully saturated rings. The molecule has 0 aromatic carbocycles. The molecule has 1 aromatic rings. The van der Waals surface area contributed by atoms with Gasteiger partial charge in [0.1, 0.15) is 0 Å². The maximum atomic E-state index is 5.90. The maximum Gasteiger partial charge on any atom is 0.0562 e. The van der Waals surface area contributed by atoms with Crippen molar-refractivity contribution in [3.8, 4) is 0 Å². The number of nitrogens with two attached hydrogens (primary N) is 1. The van der Waals surface area contributed by atoms with Crippen molar-refractivity contribution >= 4 is 11.3 Å². The Balaban J connectivity index is 2.66. The van der Waals surface area contributed by atoms with E-state index in [1.165, 1.54) is 16.2 Å². The van der Waals surface area contributed by atoms with Gasteiger partial charge in [0.2, 0.25) is 0 Å². The Morgan fingerprint density at radius 3 is 2.56 bits per heavy atom. The average molecular weight is 240 g/mol. The van der Waals surface area contributed by atoms with Gasteiger partial charge in [0, 0.05) is 22.8 Å². The summed E-state index contributed by atoms with van der Waals surface area (Å²) in [4.78, 5) is 5.15. The van der Waals surface area contributed by atoms with Crippen LogP contribution in [0, 0.1) is 12.8 Å². The highest BCUT2D eigenvalue weighted by Crippen LogP contribution is 2.26. The minimum Gasteiger partial charge on any atom is -0.329 e. The van der Waals surface area contributed by atoms with Crippen LogP contribution in [0.5, 0.6) is 0 Å². The van der Waals surface area contributed by atoms with E-state index in [4.69, 9.17) is 5.73 Å². The van der Waals surface area contributed by atoms with Crippen LogP contribution < -0.4 is 5.73 Å². The third-order valence-electron chi connectivity index (χ3n) is 3.14. The van der Waals surface area contributed by atoms with Crippen LogP contribution in [0.4, 0.5) is 0 Å². The topological polar surface area (TPSA) is 29.3 Å². The second-order valence-corrected chi connectivity index (χ2v) is 5.97. The predicted octanol–water partition coefficient (Wildman–Crippen LogP) is 3.03. The lowest BCUT2D eigenvalue weighted by Crippen LogP contribution is -2.33. The first-order valence-electron chi connectivity index (χ1n) is 6.05. The van der Waals surface area contributed by atoms with Crippen molar-refractivity contribution in [1.29, 1.82) is 0 Å². The molecule has 0 saturated carbocycles. The lowest BCUT2D eigenvalue weighted by atomic mass is 10.1. The van der Waals surface area contributed by atoms with Gasteiger partial charge in [0.05, 0.1) is 6.04 Å². The fourth-order valence-electron chi connectivity index (χ4n) is 1.89. The summed E-state index contributed by atoms with van der Waals surface area (Å²) in [6.45, 7) is 8.51. The van der Waals surface area contributed by atoms with Gasteiger partial charge in [0.15, 0.2) is 0 Å². The van der Waals surface area contributed by atoms with Crippen LogP contribution >= 0.6 is 11.3 Å². The highest BCUT2D eigenvalue weighted by molar-refractivity contribution is 7.12. The summed E-state index contributed by atoms with van der Waals surface area (Å²) in [5, 5.41) is 0. The number of rotatable bonds is 6. The van der Waals surface area contributed by atoms with Gasteiger partial charge in [0.25, 0.3) is 0 Å². The minimum absolute atomic E-state index is 0.382. The molecule has 16 heavy (non-hydrogen) atoms. The summed E-state index contributed by atoms with van der Waals surface area (Å²) in [6.07, 6.45) is 1.23. The Kier molecular flexibility index (Phi) is 5.46. The average Bonchev–Trinajstić information content (AvgIpc) is 2.65. The van der Waals surface area contributed by atoms with E-state index in [2.05, 4.69) is 44.9 Å². The van der Waals surface area contributed by atoms with Crippen LogP contribution in [0.3, 0.4) is 0 Å². The fraction of sp³-hybridized carbons (Fsp3) is 0.692. The first-order valence-corrected chi connectivity index (χ1v) is 6.86. The molecule has 1 aromatic heterocycles. The van der Waals surface area contributed by atoms with Gasteiger partial charge in [-0.05, 0) is 32.0 Å². The summed E-state index contributed by atoms with van der Waals surface area (Å²) in [6, 6.07) is 4.78. The molecule has 0 bridgehead atoms. The normalized spacial score (nSPS) is 15.4. The molecular formula is C13H24N2S. The van der Waals surface area contributed by atoms with E-state index in [1.807, 2.05) is 11.3 Å². The van der Waals surface area contributed by atoms with Crippen molar-refractivity contribution in [2.45, 2.75) is 33.2 Å². The molecular weight excluding hydrogens is 216 g/mol. The molecule has 0 amide bonds. The Labute approximate surface area is 103 Å². The van der Waals surface area contributed by atoms with Crippen molar-refractivity contribution in [3.05, 3.63) is 21.9 Å². The van der Waals surface area contributed by atoms with E-state index in [9.17, 15) is 0 Å². The number of thiophene rings is 1. The van der Waals surface area contributed by atoms with Gasteiger partial charge in [-0.25, -0.2) is 0 Å². The third-order valence-corrected chi connectivity index (χ3v) is 4.24. The number of nitrogens with zero attached hydrogens (tertiary/aromatic N) is 1. The van der Waals surface area contributed by atoms with E-state index in [0.29, 0.717) is 12.6 Å². The van der Waals surface area contributed by atoms with Gasteiger partial charge in [-0.1, -0.05) is 20.3 Å². The van der Waals surface area contributed by atoms with Crippen LogP contribution in [0.15, 0.2) is 12.1 Å². The number of aryl methyl sites for hydroxylation is 1. The van der Waals surface area contributed by atoms with Crippen molar-refractivity contribution in [3.63, 3.8) is 0 Å². The largest absolute Gasteiger partial charge is 0.329 e. The molecule has 1 heterocycles. The first kappa shape index (κ1) is 13.7. The molecule has 0 aliphatic heterocycles. The molecule has 0 spiro atoms. The summed E-state index contributed by atoms with van der Waals surface area (Å²) in [7, 11) is 2.18. The molecule has 0 saturated heterocycles.